The molecule has 0 aliphatic heterocycles. The summed E-state index contributed by atoms with van der Waals surface area (Å²) in [6.45, 7) is 0. The lowest BCUT2D eigenvalue weighted by Crippen LogP contribution is -2.27. The molecule has 1 aromatic carbocycles. The molecule has 0 atom stereocenters. The zero-order valence-corrected chi connectivity index (χ0v) is 10.8. The average molecular weight is 297 g/mol. The quantitative estimate of drug-likeness (QED) is 0.834. The van der Waals surface area contributed by atoms with Crippen molar-refractivity contribution in [3.8, 4) is 0 Å². The molecule has 0 aromatic heterocycles. The molecule has 1 aliphatic rings. The first-order valence-electron chi connectivity index (χ1n) is 5.46. The monoisotopic (exact) mass is 296 g/mol. The Labute approximate surface area is 108 Å². The summed E-state index contributed by atoms with van der Waals surface area (Å²) < 4.78 is 0. The van der Waals surface area contributed by atoms with Crippen LogP contribution in [0.1, 0.15) is 23.2 Å². The van der Waals surface area contributed by atoms with Crippen molar-refractivity contribution in [2.45, 2.75) is 18.9 Å². The molecular weight excluding hydrogens is 284 g/mol. The van der Waals surface area contributed by atoms with Gasteiger partial charge in [-0.05, 0) is 25.0 Å². The highest BCUT2D eigenvalue weighted by molar-refractivity contribution is 9.09. The van der Waals surface area contributed by atoms with Gasteiger partial charge in [-0.1, -0.05) is 28.1 Å². The van der Waals surface area contributed by atoms with Crippen LogP contribution in [-0.2, 0) is 4.79 Å². The largest absolute Gasteiger partial charge is 0.349 e. The Morgan fingerprint density at radius 1 is 1.29 bits per heavy atom. The van der Waals surface area contributed by atoms with Crippen molar-refractivity contribution in [1.29, 1.82) is 0 Å². The number of hydrogen-bond donors (Lipinski definition) is 2. The van der Waals surface area contributed by atoms with Crippen molar-refractivity contribution in [1.82, 2.24) is 5.32 Å². The smallest absolute Gasteiger partial charge is 0.253 e. The number of carbonyl (C=O) groups excluding carboxylic acids is 2. The van der Waals surface area contributed by atoms with Crippen LogP contribution >= 0.6 is 15.9 Å². The summed E-state index contributed by atoms with van der Waals surface area (Å²) in [5.74, 6) is -0.297. The lowest BCUT2D eigenvalue weighted by molar-refractivity contribution is -0.113. The Morgan fingerprint density at radius 3 is 2.65 bits per heavy atom. The van der Waals surface area contributed by atoms with E-state index in [0.717, 1.165) is 12.8 Å². The van der Waals surface area contributed by atoms with Crippen LogP contribution in [-0.4, -0.2) is 23.2 Å². The van der Waals surface area contributed by atoms with E-state index in [4.69, 9.17) is 0 Å². The first kappa shape index (κ1) is 12.1. The SMILES string of the molecule is O=C(CBr)Nc1ccccc1C(=O)NC1CC1. The third-order valence-corrected chi connectivity index (χ3v) is 2.99. The van der Waals surface area contributed by atoms with Gasteiger partial charge in [0.1, 0.15) is 0 Å². The first-order valence-corrected chi connectivity index (χ1v) is 6.58. The van der Waals surface area contributed by atoms with Crippen LogP contribution in [0.4, 0.5) is 5.69 Å². The number of nitrogens with one attached hydrogen (secondary N) is 2. The van der Waals surface area contributed by atoms with E-state index >= 15 is 0 Å². The molecule has 2 amide bonds. The maximum Gasteiger partial charge on any atom is 0.253 e. The number of carbonyl (C=O) groups is 2. The third-order valence-electron chi connectivity index (χ3n) is 2.48. The van der Waals surface area contributed by atoms with Crippen LogP contribution < -0.4 is 10.6 Å². The van der Waals surface area contributed by atoms with Crippen molar-refractivity contribution in [2.24, 2.45) is 0 Å². The fourth-order valence-electron chi connectivity index (χ4n) is 1.46. The molecule has 5 heteroatoms. The average Bonchev–Trinajstić information content (AvgIpc) is 3.13. The summed E-state index contributed by atoms with van der Waals surface area (Å²) in [6.07, 6.45) is 2.09. The maximum atomic E-state index is 11.9. The number of alkyl halides is 1. The van der Waals surface area contributed by atoms with E-state index < -0.39 is 0 Å². The Morgan fingerprint density at radius 2 is 2.00 bits per heavy atom. The highest BCUT2D eigenvalue weighted by Crippen LogP contribution is 2.21. The van der Waals surface area contributed by atoms with Crippen LogP contribution in [0.5, 0.6) is 0 Å². The number of para-hydroxylation sites is 1. The topological polar surface area (TPSA) is 58.2 Å². The van der Waals surface area contributed by atoms with Gasteiger partial charge in [-0.25, -0.2) is 0 Å². The third kappa shape index (κ3) is 3.30. The van der Waals surface area contributed by atoms with Crippen LogP contribution in [0.2, 0.25) is 0 Å². The molecule has 0 saturated heterocycles. The Balaban J connectivity index is 2.13. The molecule has 4 nitrogen and oxygen atoms in total. The molecule has 0 spiro atoms. The predicted molar refractivity (Wildman–Crippen MR) is 69.4 cm³/mol. The van der Waals surface area contributed by atoms with Gasteiger partial charge in [0.25, 0.3) is 5.91 Å². The second-order valence-electron chi connectivity index (χ2n) is 3.98. The highest BCUT2D eigenvalue weighted by atomic mass is 79.9. The number of rotatable bonds is 4. The number of benzene rings is 1. The summed E-state index contributed by atoms with van der Waals surface area (Å²) in [5, 5.41) is 5.80. The van der Waals surface area contributed by atoms with Crippen LogP contribution in [0.15, 0.2) is 24.3 Å². The van der Waals surface area contributed by atoms with E-state index in [-0.39, 0.29) is 17.1 Å². The number of amides is 2. The van der Waals surface area contributed by atoms with Crippen LogP contribution in [0, 0.1) is 0 Å². The van der Waals surface area contributed by atoms with Crippen molar-refractivity contribution in [3.05, 3.63) is 29.8 Å². The number of halogens is 1. The van der Waals surface area contributed by atoms with E-state index in [1.807, 2.05) is 0 Å². The van der Waals surface area contributed by atoms with E-state index in [2.05, 4.69) is 26.6 Å². The van der Waals surface area contributed by atoms with Crippen LogP contribution in [0.3, 0.4) is 0 Å². The van der Waals surface area contributed by atoms with E-state index in [1.54, 1.807) is 24.3 Å². The summed E-state index contributed by atoms with van der Waals surface area (Å²) in [6, 6.07) is 7.32. The van der Waals surface area contributed by atoms with Gasteiger partial charge in [0, 0.05) is 6.04 Å². The molecule has 1 saturated carbocycles. The van der Waals surface area contributed by atoms with Gasteiger partial charge in [-0.3, -0.25) is 9.59 Å². The molecule has 2 rings (SSSR count). The predicted octanol–water partition coefficient (Wildman–Crippen LogP) is 1.91. The maximum absolute atomic E-state index is 11.9. The van der Waals surface area contributed by atoms with E-state index in [9.17, 15) is 9.59 Å². The lowest BCUT2D eigenvalue weighted by atomic mass is 10.1. The minimum absolute atomic E-state index is 0.127. The zero-order chi connectivity index (χ0) is 12.3. The fraction of sp³-hybridized carbons (Fsp3) is 0.333. The molecule has 90 valence electrons. The normalized spacial score (nSPS) is 14.2. The van der Waals surface area contributed by atoms with E-state index in [1.165, 1.54) is 0 Å². The standard InChI is InChI=1S/C12H13BrN2O2/c13-7-11(16)15-10-4-2-1-3-9(10)12(17)14-8-5-6-8/h1-4,8H,5-7H2,(H,14,17)(H,15,16). The molecule has 17 heavy (non-hydrogen) atoms. The van der Waals surface area contributed by atoms with Crippen LogP contribution in [0.25, 0.3) is 0 Å². The number of hydrogen-bond acceptors (Lipinski definition) is 2. The second-order valence-corrected chi connectivity index (χ2v) is 4.54. The van der Waals surface area contributed by atoms with Gasteiger partial charge in [-0.15, -0.1) is 0 Å². The molecule has 1 aromatic rings. The van der Waals surface area contributed by atoms with Gasteiger partial charge in [0.15, 0.2) is 0 Å². The Kier molecular flexibility index (Phi) is 3.78. The second kappa shape index (κ2) is 5.31. The van der Waals surface area contributed by atoms with Crippen molar-refractivity contribution in [3.63, 3.8) is 0 Å². The molecule has 0 radical (unpaired) electrons. The number of anilines is 1. The van der Waals surface area contributed by atoms with Crippen molar-refractivity contribution < 1.29 is 9.59 Å². The summed E-state index contributed by atoms with van der Waals surface area (Å²) >= 11 is 3.07. The molecule has 0 bridgehead atoms. The molecule has 0 unspecified atom stereocenters. The van der Waals surface area contributed by atoms with Crippen molar-refractivity contribution in [2.75, 3.05) is 10.6 Å². The fourth-order valence-corrected chi connectivity index (χ4v) is 1.60. The molecule has 0 heterocycles. The summed E-state index contributed by atoms with van der Waals surface area (Å²) in [4.78, 5) is 23.2. The van der Waals surface area contributed by atoms with E-state index in [0.29, 0.717) is 17.3 Å². The molecule has 1 fully saturated rings. The van der Waals surface area contributed by atoms with Gasteiger partial charge in [-0.2, -0.15) is 0 Å². The van der Waals surface area contributed by atoms with Gasteiger partial charge in [0.05, 0.1) is 16.6 Å². The Hall–Kier alpha value is -1.36. The van der Waals surface area contributed by atoms with Gasteiger partial charge >= 0.3 is 0 Å². The molecule has 2 N–H and O–H groups in total. The summed E-state index contributed by atoms with van der Waals surface area (Å²) in [7, 11) is 0. The molecular formula is C12H13BrN2O2. The first-order chi connectivity index (χ1) is 8.20. The van der Waals surface area contributed by atoms with Gasteiger partial charge < -0.3 is 10.6 Å². The lowest BCUT2D eigenvalue weighted by Gasteiger charge is -2.10. The van der Waals surface area contributed by atoms with Crippen molar-refractivity contribution >= 4 is 33.4 Å². The van der Waals surface area contributed by atoms with Gasteiger partial charge in [0.2, 0.25) is 5.91 Å². The minimum Gasteiger partial charge on any atom is -0.349 e. The minimum atomic E-state index is -0.170. The highest BCUT2D eigenvalue weighted by Gasteiger charge is 2.24. The Bertz CT molecular complexity index is 444. The summed E-state index contributed by atoms with van der Waals surface area (Å²) in [5.41, 5.74) is 1.06. The molecule has 1 aliphatic carbocycles. The zero-order valence-electron chi connectivity index (χ0n) is 9.20.